The Morgan fingerprint density at radius 3 is 3.00 bits per heavy atom. The Bertz CT molecular complexity index is 479. The predicted octanol–water partition coefficient (Wildman–Crippen LogP) is 2.90. The van der Waals surface area contributed by atoms with E-state index in [-0.39, 0.29) is 11.6 Å². The molecule has 2 fully saturated rings. The minimum absolute atomic E-state index is 0.133. The second-order valence-electron chi connectivity index (χ2n) is 6.18. The summed E-state index contributed by atoms with van der Waals surface area (Å²) >= 11 is 5.97. The van der Waals surface area contributed by atoms with Gasteiger partial charge in [-0.05, 0) is 56.2 Å². The van der Waals surface area contributed by atoms with E-state index in [9.17, 15) is 0 Å². The summed E-state index contributed by atoms with van der Waals surface area (Å²) in [6, 6.07) is 7.61. The maximum Gasteiger partial charge on any atom is 0.120 e. The maximum atomic E-state index is 5.98. The lowest BCUT2D eigenvalue weighted by atomic mass is 9.70. The smallest absolute Gasteiger partial charge is 0.120 e. The number of benzene rings is 1. The van der Waals surface area contributed by atoms with E-state index in [0.717, 1.165) is 25.2 Å². The lowest BCUT2D eigenvalue weighted by molar-refractivity contribution is -0.148. The number of nitrogens with two attached hydrogens (primary N) is 1. The largest absolute Gasteiger partial charge is 0.492 e. The quantitative estimate of drug-likeness (QED) is 0.648. The molecule has 2 atom stereocenters. The molecular weight excluding hydrogens is 288 g/mol. The summed E-state index contributed by atoms with van der Waals surface area (Å²) < 4.78 is 11.8. The highest BCUT2D eigenvalue weighted by Gasteiger charge is 2.44. The molecule has 3 rings (SSSR count). The lowest BCUT2D eigenvalue weighted by Crippen LogP contribution is -2.53. The number of halogens is 1. The number of hydrazine groups is 1. The number of nitrogens with one attached hydrogen (secondary N) is 1. The second kappa shape index (κ2) is 6.53. The second-order valence-corrected chi connectivity index (χ2v) is 6.62. The normalized spacial score (nSPS) is 25.3. The van der Waals surface area contributed by atoms with Gasteiger partial charge in [0.25, 0.3) is 0 Å². The van der Waals surface area contributed by atoms with E-state index in [4.69, 9.17) is 26.9 Å². The van der Waals surface area contributed by atoms with Gasteiger partial charge < -0.3 is 9.47 Å². The molecule has 0 radical (unpaired) electrons. The molecule has 1 aromatic carbocycles. The van der Waals surface area contributed by atoms with Gasteiger partial charge in [-0.3, -0.25) is 11.3 Å². The van der Waals surface area contributed by atoms with Crippen LogP contribution in [0.4, 0.5) is 0 Å². The van der Waals surface area contributed by atoms with Gasteiger partial charge in [0.2, 0.25) is 0 Å². The summed E-state index contributed by atoms with van der Waals surface area (Å²) in [5, 5.41) is 0.684. The van der Waals surface area contributed by atoms with Gasteiger partial charge in [-0.25, -0.2) is 0 Å². The molecule has 0 amide bonds. The summed E-state index contributed by atoms with van der Waals surface area (Å²) in [6.07, 6.45) is 5.79. The Morgan fingerprint density at radius 2 is 2.33 bits per heavy atom. The highest BCUT2D eigenvalue weighted by Crippen LogP contribution is 2.44. The molecule has 21 heavy (non-hydrogen) atoms. The zero-order valence-corrected chi connectivity index (χ0v) is 12.9. The van der Waals surface area contributed by atoms with Gasteiger partial charge >= 0.3 is 0 Å². The molecule has 4 nitrogen and oxygen atoms in total. The van der Waals surface area contributed by atoms with Crippen LogP contribution in [-0.4, -0.2) is 24.9 Å². The topological polar surface area (TPSA) is 56.5 Å². The Hall–Kier alpha value is -0.810. The van der Waals surface area contributed by atoms with E-state index in [1.165, 1.54) is 19.3 Å². The van der Waals surface area contributed by atoms with Crippen molar-refractivity contribution in [2.45, 2.75) is 43.7 Å². The van der Waals surface area contributed by atoms with Crippen molar-refractivity contribution in [3.05, 3.63) is 29.3 Å². The van der Waals surface area contributed by atoms with E-state index in [1.54, 1.807) is 0 Å². The molecule has 1 spiro atoms. The first-order chi connectivity index (χ1) is 10.2. The first-order valence-corrected chi connectivity index (χ1v) is 8.07. The zero-order chi connectivity index (χ0) is 14.7. The highest BCUT2D eigenvalue weighted by atomic mass is 35.5. The third kappa shape index (κ3) is 3.51. The van der Waals surface area contributed by atoms with Crippen LogP contribution in [0.15, 0.2) is 24.3 Å². The predicted molar refractivity (Wildman–Crippen MR) is 83.3 cm³/mol. The molecule has 1 saturated heterocycles. The van der Waals surface area contributed by atoms with Gasteiger partial charge in [-0.2, -0.15) is 0 Å². The number of rotatable bonds is 5. The third-order valence-electron chi connectivity index (χ3n) is 4.80. The molecule has 1 aromatic rings. The average molecular weight is 311 g/mol. The zero-order valence-electron chi connectivity index (χ0n) is 12.2. The van der Waals surface area contributed by atoms with Crippen molar-refractivity contribution in [2.75, 3.05) is 13.2 Å². The first kappa shape index (κ1) is 15.1. The molecule has 0 aromatic heterocycles. The maximum absolute atomic E-state index is 5.98. The van der Waals surface area contributed by atoms with Crippen LogP contribution in [0.3, 0.4) is 0 Å². The fraction of sp³-hybridized carbons (Fsp3) is 0.625. The molecule has 1 aliphatic heterocycles. The molecule has 3 N–H and O–H groups in total. The standard InChI is InChI=1S/C16H23ClN2O2/c17-13-3-1-4-14(9-13)20-11-15(19-18)12-5-8-21-16(10-12)6-2-7-16/h1,3-4,9,12,15,19H,2,5-8,10-11,18H2. The van der Waals surface area contributed by atoms with Crippen molar-refractivity contribution in [3.63, 3.8) is 0 Å². The van der Waals surface area contributed by atoms with Crippen LogP contribution in [0.2, 0.25) is 5.02 Å². The summed E-state index contributed by atoms with van der Waals surface area (Å²) in [4.78, 5) is 0. The molecule has 1 aliphatic carbocycles. The Kier molecular flexibility index (Phi) is 4.69. The monoisotopic (exact) mass is 310 g/mol. The van der Waals surface area contributed by atoms with Crippen LogP contribution in [0.1, 0.15) is 32.1 Å². The summed E-state index contributed by atoms with van der Waals surface area (Å²) in [5.74, 6) is 7.04. The highest BCUT2D eigenvalue weighted by molar-refractivity contribution is 6.30. The number of hydrogen-bond acceptors (Lipinski definition) is 4. The van der Waals surface area contributed by atoms with Gasteiger partial charge in [0.05, 0.1) is 11.6 Å². The molecule has 1 heterocycles. The van der Waals surface area contributed by atoms with E-state index in [0.29, 0.717) is 17.5 Å². The minimum atomic E-state index is 0.133. The van der Waals surface area contributed by atoms with Gasteiger partial charge in [0.15, 0.2) is 0 Å². The van der Waals surface area contributed by atoms with Crippen molar-refractivity contribution in [1.29, 1.82) is 0 Å². The summed E-state index contributed by atoms with van der Waals surface area (Å²) in [5.41, 5.74) is 3.06. The van der Waals surface area contributed by atoms with Crippen molar-refractivity contribution >= 4 is 11.6 Å². The van der Waals surface area contributed by atoms with Gasteiger partial charge in [0.1, 0.15) is 12.4 Å². The van der Waals surface area contributed by atoms with Gasteiger partial charge in [-0.1, -0.05) is 17.7 Å². The molecule has 0 bridgehead atoms. The fourth-order valence-electron chi connectivity index (χ4n) is 3.39. The Morgan fingerprint density at radius 1 is 1.48 bits per heavy atom. The summed E-state index contributed by atoms with van der Waals surface area (Å²) in [7, 11) is 0. The minimum Gasteiger partial charge on any atom is -0.492 e. The number of hydrogen-bond donors (Lipinski definition) is 2. The molecule has 1 saturated carbocycles. The molecule has 5 heteroatoms. The van der Waals surface area contributed by atoms with Crippen molar-refractivity contribution in [3.8, 4) is 5.75 Å². The van der Waals surface area contributed by atoms with Crippen LogP contribution < -0.4 is 16.0 Å². The van der Waals surface area contributed by atoms with Crippen molar-refractivity contribution < 1.29 is 9.47 Å². The lowest BCUT2D eigenvalue weighted by Gasteiger charge is -2.48. The van der Waals surface area contributed by atoms with Gasteiger partial charge in [0, 0.05) is 11.6 Å². The molecule has 116 valence electrons. The van der Waals surface area contributed by atoms with Crippen LogP contribution >= 0.6 is 11.6 Å². The average Bonchev–Trinajstić information content (AvgIpc) is 2.47. The number of ether oxygens (including phenoxy) is 2. The van der Waals surface area contributed by atoms with Crippen molar-refractivity contribution in [1.82, 2.24) is 5.43 Å². The third-order valence-corrected chi connectivity index (χ3v) is 5.04. The Balaban J connectivity index is 1.57. The SMILES string of the molecule is NNC(COc1cccc(Cl)c1)C1CCOC2(CCC2)C1. The van der Waals surface area contributed by atoms with Crippen LogP contribution in [0, 0.1) is 5.92 Å². The fourth-order valence-corrected chi connectivity index (χ4v) is 3.57. The van der Waals surface area contributed by atoms with E-state index in [2.05, 4.69) is 5.43 Å². The Labute approximate surface area is 130 Å². The summed E-state index contributed by atoms with van der Waals surface area (Å²) in [6.45, 7) is 1.39. The van der Waals surface area contributed by atoms with E-state index >= 15 is 0 Å². The van der Waals surface area contributed by atoms with Crippen molar-refractivity contribution in [2.24, 2.45) is 11.8 Å². The molecule has 2 unspecified atom stereocenters. The van der Waals surface area contributed by atoms with E-state index in [1.807, 2.05) is 24.3 Å². The first-order valence-electron chi connectivity index (χ1n) is 7.69. The van der Waals surface area contributed by atoms with E-state index < -0.39 is 0 Å². The van der Waals surface area contributed by atoms with Crippen LogP contribution in [0.5, 0.6) is 5.75 Å². The molecule has 2 aliphatic rings. The van der Waals surface area contributed by atoms with Crippen LogP contribution in [-0.2, 0) is 4.74 Å². The van der Waals surface area contributed by atoms with Gasteiger partial charge in [-0.15, -0.1) is 0 Å². The van der Waals surface area contributed by atoms with Crippen LogP contribution in [0.25, 0.3) is 0 Å². The molecular formula is C16H23ClN2O2.